The fraction of sp³-hybridized carbons (Fsp3) is 0.385. The number of hydrogen-bond donors (Lipinski definition) is 4. The second-order valence-electron chi connectivity index (χ2n) is 4.75. The number of hydrogen-bond acceptors (Lipinski definition) is 6. The van der Waals surface area contributed by atoms with Crippen LogP contribution in [0.4, 0.5) is 5.95 Å². The Labute approximate surface area is 116 Å². The number of nitrogens with zero attached hydrogens (tertiary/aromatic N) is 3. The van der Waals surface area contributed by atoms with Gasteiger partial charge in [-0.1, -0.05) is 6.07 Å². The molecule has 1 saturated heterocycles. The molecule has 0 bridgehead atoms. The molecule has 0 aliphatic carbocycles. The molecule has 0 atom stereocenters. The summed E-state index contributed by atoms with van der Waals surface area (Å²) < 4.78 is 0. The number of nitrogens with one attached hydrogen (secondary N) is 2. The van der Waals surface area contributed by atoms with Gasteiger partial charge < -0.3 is 20.4 Å². The van der Waals surface area contributed by atoms with E-state index in [0.717, 1.165) is 32.6 Å². The molecule has 7 nitrogen and oxygen atoms in total. The normalized spacial score (nSPS) is 16.1. The summed E-state index contributed by atoms with van der Waals surface area (Å²) in [6.45, 7) is 3.65. The van der Waals surface area contributed by atoms with Crippen LogP contribution in [0.3, 0.4) is 0 Å². The zero-order valence-corrected chi connectivity index (χ0v) is 11.0. The van der Waals surface area contributed by atoms with E-state index in [9.17, 15) is 10.2 Å². The number of H-pyrrole nitrogens is 1. The first-order chi connectivity index (χ1) is 9.75. The summed E-state index contributed by atoms with van der Waals surface area (Å²) in [6.07, 6.45) is 1.04. The molecule has 0 amide bonds. The van der Waals surface area contributed by atoms with E-state index in [1.165, 1.54) is 6.07 Å². The van der Waals surface area contributed by atoms with Crippen molar-refractivity contribution in [3.8, 4) is 22.9 Å². The molecule has 4 N–H and O–H groups in total. The van der Waals surface area contributed by atoms with Crippen LogP contribution in [0.15, 0.2) is 18.2 Å². The zero-order valence-electron chi connectivity index (χ0n) is 11.0. The van der Waals surface area contributed by atoms with Crippen molar-refractivity contribution in [1.29, 1.82) is 0 Å². The highest BCUT2D eigenvalue weighted by Crippen LogP contribution is 2.34. The van der Waals surface area contributed by atoms with Gasteiger partial charge in [0.05, 0.1) is 5.56 Å². The zero-order chi connectivity index (χ0) is 13.9. The maximum atomic E-state index is 9.85. The van der Waals surface area contributed by atoms with Gasteiger partial charge in [0.25, 0.3) is 0 Å². The Morgan fingerprint density at radius 2 is 2.05 bits per heavy atom. The number of benzene rings is 1. The average Bonchev–Trinajstić information content (AvgIpc) is 2.77. The van der Waals surface area contributed by atoms with Crippen LogP contribution in [0.1, 0.15) is 6.42 Å². The minimum Gasteiger partial charge on any atom is -0.504 e. The molecule has 0 saturated carbocycles. The molecule has 2 heterocycles. The van der Waals surface area contributed by atoms with Gasteiger partial charge in [0.1, 0.15) is 0 Å². The Morgan fingerprint density at radius 3 is 2.95 bits per heavy atom. The molecular weight excluding hydrogens is 258 g/mol. The topological polar surface area (TPSA) is 97.3 Å². The van der Waals surface area contributed by atoms with E-state index in [0.29, 0.717) is 17.3 Å². The van der Waals surface area contributed by atoms with Crippen molar-refractivity contribution in [3.05, 3.63) is 18.2 Å². The summed E-state index contributed by atoms with van der Waals surface area (Å²) in [5, 5.41) is 29.7. The Balaban J connectivity index is 1.87. The molecule has 3 rings (SSSR count). The third-order valence-electron chi connectivity index (χ3n) is 3.37. The lowest BCUT2D eigenvalue weighted by Crippen LogP contribution is -2.28. The van der Waals surface area contributed by atoms with Gasteiger partial charge in [-0.3, -0.25) is 5.10 Å². The van der Waals surface area contributed by atoms with Crippen molar-refractivity contribution in [1.82, 2.24) is 20.5 Å². The number of aromatic amines is 1. The van der Waals surface area contributed by atoms with Gasteiger partial charge in [0, 0.05) is 19.6 Å². The Hall–Kier alpha value is -2.28. The summed E-state index contributed by atoms with van der Waals surface area (Å²) in [5.41, 5.74) is 0.441. The van der Waals surface area contributed by atoms with Gasteiger partial charge >= 0.3 is 0 Å². The molecule has 1 aromatic heterocycles. The van der Waals surface area contributed by atoms with Crippen LogP contribution in [-0.2, 0) is 0 Å². The largest absolute Gasteiger partial charge is 0.504 e. The Kier molecular flexibility index (Phi) is 3.42. The summed E-state index contributed by atoms with van der Waals surface area (Å²) >= 11 is 0. The molecule has 0 spiro atoms. The van der Waals surface area contributed by atoms with Crippen LogP contribution in [0, 0.1) is 0 Å². The van der Waals surface area contributed by atoms with Crippen molar-refractivity contribution >= 4 is 5.95 Å². The van der Waals surface area contributed by atoms with E-state index < -0.39 is 0 Å². The monoisotopic (exact) mass is 275 g/mol. The minimum atomic E-state index is -0.187. The molecule has 106 valence electrons. The second kappa shape index (κ2) is 5.38. The minimum absolute atomic E-state index is 0.167. The van der Waals surface area contributed by atoms with E-state index >= 15 is 0 Å². The molecule has 0 unspecified atom stereocenters. The third-order valence-corrected chi connectivity index (χ3v) is 3.37. The summed E-state index contributed by atoms with van der Waals surface area (Å²) in [5.74, 6) is 0.712. The lowest BCUT2D eigenvalue weighted by molar-refractivity contribution is 0.405. The van der Waals surface area contributed by atoms with Crippen LogP contribution < -0.4 is 10.2 Å². The summed E-state index contributed by atoms with van der Waals surface area (Å²) in [6, 6.07) is 4.77. The van der Waals surface area contributed by atoms with E-state index in [1.54, 1.807) is 12.1 Å². The van der Waals surface area contributed by atoms with Crippen molar-refractivity contribution in [3.63, 3.8) is 0 Å². The predicted octanol–water partition coefficient (Wildman–Crippen LogP) is 0.683. The molecule has 2 aromatic rings. The lowest BCUT2D eigenvalue weighted by atomic mass is 10.2. The summed E-state index contributed by atoms with van der Waals surface area (Å²) in [7, 11) is 0. The molecule has 20 heavy (non-hydrogen) atoms. The molecule has 1 fully saturated rings. The first-order valence-electron chi connectivity index (χ1n) is 6.65. The third kappa shape index (κ3) is 2.39. The number of anilines is 1. The molecule has 0 radical (unpaired) electrons. The molecule has 1 aliphatic heterocycles. The van der Waals surface area contributed by atoms with Crippen LogP contribution >= 0.6 is 0 Å². The standard InChI is InChI=1S/C13H17N5O2/c19-10-4-1-3-9(11(10)20)12-15-13(17-16-12)18-7-2-5-14-6-8-18/h1,3-4,14,19-20H,2,5-8H2,(H,15,16,17). The van der Waals surface area contributed by atoms with Crippen molar-refractivity contribution in [2.24, 2.45) is 0 Å². The number of aromatic hydroxyl groups is 2. The number of phenolic OH excluding ortho intramolecular Hbond substituents is 2. The number of rotatable bonds is 2. The van der Waals surface area contributed by atoms with Gasteiger partial charge in [-0.2, -0.15) is 4.98 Å². The fourth-order valence-electron chi connectivity index (χ4n) is 2.28. The van der Waals surface area contributed by atoms with Gasteiger partial charge in [-0.25, -0.2) is 0 Å². The van der Waals surface area contributed by atoms with Gasteiger partial charge in [-0.05, 0) is 25.1 Å². The van der Waals surface area contributed by atoms with Crippen LogP contribution in [0.5, 0.6) is 11.5 Å². The first-order valence-corrected chi connectivity index (χ1v) is 6.65. The second-order valence-corrected chi connectivity index (χ2v) is 4.75. The highest BCUT2D eigenvalue weighted by atomic mass is 16.3. The number of aromatic nitrogens is 3. The van der Waals surface area contributed by atoms with Crippen LogP contribution in [0.2, 0.25) is 0 Å². The quantitative estimate of drug-likeness (QED) is 0.602. The molecular formula is C13H17N5O2. The maximum absolute atomic E-state index is 9.85. The maximum Gasteiger partial charge on any atom is 0.245 e. The fourth-order valence-corrected chi connectivity index (χ4v) is 2.28. The van der Waals surface area contributed by atoms with Crippen molar-refractivity contribution in [2.75, 3.05) is 31.1 Å². The highest BCUT2D eigenvalue weighted by molar-refractivity contribution is 5.68. The van der Waals surface area contributed by atoms with E-state index in [2.05, 4.69) is 25.4 Å². The highest BCUT2D eigenvalue weighted by Gasteiger charge is 2.17. The average molecular weight is 275 g/mol. The number of phenols is 2. The van der Waals surface area contributed by atoms with E-state index in [1.807, 2.05) is 0 Å². The first kappa shape index (κ1) is 12.7. The van der Waals surface area contributed by atoms with Gasteiger partial charge in [0.15, 0.2) is 17.3 Å². The van der Waals surface area contributed by atoms with Crippen molar-refractivity contribution < 1.29 is 10.2 Å². The summed E-state index contributed by atoms with van der Waals surface area (Å²) in [4.78, 5) is 6.51. The van der Waals surface area contributed by atoms with E-state index in [4.69, 9.17) is 0 Å². The van der Waals surface area contributed by atoms with Crippen molar-refractivity contribution in [2.45, 2.75) is 6.42 Å². The van der Waals surface area contributed by atoms with Crippen LogP contribution in [0.25, 0.3) is 11.4 Å². The van der Waals surface area contributed by atoms with Gasteiger partial charge in [-0.15, -0.1) is 5.10 Å². The predicted molar refractivity (Wildman–Crippen MR) is 74.8 cm³/mol. The van der Waals surface area contributed by atoms with Crippen LogP contribution in [-0.4, -0.2) is 51.6 Å². The molecule has 1 aliphatic rings. The van der Waals surface area contributed by atoms with Gasteiger partial charge in [0.2, 0.25) is 5.95 Å². The lowest BCUT2D eigenvalue weighted by Gasteiger charge is -2.16. The molecule has 1 aromatic carbocycles. The Bertz CT molecular complexity index is 590. The number of para-hydroxylation sites is 1. The Morgan fingerprint density at radius 1 is 1.15 bits per heavy atom. The van der Waals surface area contributed by atoms with E-state index in [-0.39, 0.29) is 11.5 Å². The smallest absolute Gasteiger partial charge is 0.245 e. The molecule has 7 heteroatoms. The SMILES string of the molecule is Oc1cccc(-c2nc(N3CCCNCC3)n[nH]2)c1O.